The molecule has 1 nitrogen and oxygen atoms in total. The van der Waals surface area contributed by atoms with Crippen molar-refractivity contribution in [2.24, 2.45) is 0 Å². The third kappa shape index (κ3) is 3.90. The zero-order valence-corrected chi connectivity index (χ0v) is 12.0. The van der Waals surface area contributed by atoms with Gasteiger partial charge in [0, 0.05) is 0 Å². The molecule has 18 heavy (non-hydrogen) atoms. The van der Waals surface area contributed by atoms with Crippen LogP contribution in [-0.2, 0) is 4.74 Å². The van der Waals surface area contributed by atoms with Gasteiger partial charge in [0.15, 0.2) is 0 Å². The van der Waals surface area contributed by atoms with Crippen molar-refractivity contribution < 1.29 is 31.1 Å². The fourth-order valence-corrected chi connectivity index (χ4v) is 1.21. The Bertz CT molecular complexity index is 291. The lowest BCUT2D eigenvalue weighted by Gasteiger charge is -2.38. The highest BCUT2D eigenvalue weighted by atomic mass is 35.5. The number of ether oxygens (including phenoxy) is 1. The van der Waals surface area contributed by atoms with E-state index in [-0.39, 0.29) is 0 Å². The minimum atomic E-state index is -5.16. The van der Waals surface area contributed by atoms with Crippen LogP contribution in [0.2, 0.25) is 0 Å². The molecule has 0 aliphatic carbocycles. The molecular formula is C5Cl6F6O. The van der Waals surface area contributed by atoms with Crippen molar-refractivity contribution in [1.29, 1.82) is 0 Å². The molecule has 0 aliphatic heterocycles. The quantitative estimate of drug-likeness (QED) is 0.432. The SMILES string of the molecule is FC(F)(Cl)C(Cl)(OC(F)(Cl)C(F)(Cl)Cl)C(F)(F)Cl. The van der Waals surface area contributed by atoms with E-state index in [1.807, 2.05) is 0 Å². The van der Waals surface area contributed by atoms with E-state index in [1.54, 1.807) is 0 Å². The van der Waals surface area contributed by atoms with Gasteiger partial charge in [-0.2, -0.15) is 26.3 Å². The molecule has 0 saturated carbocycles. The van der Waals surface area contributed by atoms with Gasteiger partial charge in [-0.3, -0.25) is 4.74 Å². The molecule has 0 aromatic rings. The smallest absolute Gasteiger partial charge is 0.292 e. The minimum Gasteiger partial charge on any atom is -0.292 e. The van der Waals surface area contributed by atoms with Crippen molar-refractivity contribution in [3.05, 3.63) is 0 Å². The highest BCUT2D eigenvalue weighted by Crippen LogP contribution is 2.56. The van der Waals surface area contributed by atoms with Crippen LogP contribution in [0.5, 0.6) is 0 Å². The average molecular weight is 403 g/mol. The average Bonchev–Trinajstić information content (AvgIpc) is 1.95. The Kier molecular flexibility index (Phi) is 5.61. The molecule has 110 valence electrons. The summed E-state index contributed by atoms with van der Waals surface area (Å²) in [5, 5.41) is -19.7. The molecule has 0 saturated heterocycles. The first-order valence-electron chi connectivity index (χ1n) is 3.43. The van der Waals surface area contributed by atoms with Gasteiger partial charge < -0.3 is 0 Å². The van der Waals surface area contributed by atoms with Crippen LogP contribution in [0.4, 0.5) is 26.3 Å². The summed E-state index contributed by atoms with van der Waals surface area (Å²) >= 11 is 26.4. The van der Waals surface area contributed by atoms with Crippen molar-refractivity contribution in [3.63, 3.8) is 0 Å². The summed E-state index contributed by atoms with van der Waals surface area (Å²) in [5.41, 5.74) is 0. The third-order valence-electron chi connectivity index (χ3n) is 1.33. The molecule has 0 N–H and O–H groups in total. The van der Waals surface area contributed by atoms with Crippen molar-refractivity contribution in [3.8, 4) is 0 Å². The summed E-state index contributed by atoms with van der Waals surface area (Å²) in [5.74, 6) is 0. The van der Waals surface area contributed by atoms with E-state index < -0.39 is 25.7 Å². The Labute approximate surface area is 126 Å². The van der Waals surface area contributed by atoms with Crippen LogP contribution >= 0.6 is 69.6 Å². The number of hydrogen-bond donors (Lipinski definition) is 0. The maximum Gasteiger partial charge on any atom is 0.371 e. The van der Waals surface area contributed by atoms with E-state index in [4.69, 9.17) is 0 Å². The van der Waals surface area contributed by atoms with E-state index in [1.165, 1.54) is 0 Å². The van der Waals surface area contributed by atoms with Crippen LogP contribution in [-0.4, -0.2) is 25.7 Å². The Balaban J connectivity index is 5.58. The molecule has 0 aromatic carbocycles. The Morgan fingerprint density at radius 2 is 0.889 bits per heavy atom. The van der Waals surface area contributed by atoms with Crippen molar-refractivity contribution >= 4 is 69.6 Å². The molecule has 0 aliphatic rings. The topological polar surface area (TPSA) is 9.23 Å². The van der Waals surface area contributed by atoms with Gasteiger partial charge in [-0.1, -0.05) is 34.8 Å². The zero-order valence-electron chi connectivity index (χ0n) is 7.44. The molecular weight excluding hydrogens is 403 g/mol. The van der Waals surface area contributed by atoms with E-state index in [0.717, 1.165) is 0 Å². The lowest BCUT2D eigenvalue weighted by Crippen LogP contribution is -2.58. The summed E-state index contributed by atoms with van der Waals surface area (Å²) in [4.78, 5) is 0. The maximum atomic E-state index is 13.2. The van der Waals surface area contributed by atoms with Gasteiger partial charge >= 0.3 is 25.7 Å². The van der Waals surface area contributed by atoms with Crippen LogP contribution in [0.15, 0.2) is 0 Å². The Morgan fingerprint density at radius 3 is 1.06 bits per heavy atom. The molecule has 0 radical (unpaired) electrons. The number of hydrogen-bond acceptors (Lipinski definition) is 1. The fourth-order valence-electron chi connectivity index (χ4n) is 0.511. The first-order valence-corrected chi connectivity index (χ1v) is 5.69. The van der Waals surface area contributed by atoms with Crippen LogP contribution < -0.4 is 0 Å². The molecule has 1 unspecified atom stereocenters. The first kappa shape index (κ1) is 19.3. The summed E-state index contributed by atoms with van der Waals surface area (Å²) in [6.45, 7) is 0. The fraction of sp³-hybridized carbons (Fsp3) is 1.00. The zero-order chi connectivity index (χ0) is 15.2. The van der Waals surface area contributed by atoms with Gasteiger partial charge in [-0.25, -0.2) is 0 Å². The second-order valence-corrected chi connectivity index (χ2v) is 5.91. The normalized spacial score (nSPS) is 18.7. The summed E-state index contributed by atoms with van der Waals surface area (Å²) < 4.78 is 75.7. The minimum absolute atomic E-state index is 3.18. The third-order valence-corrected chi connectivity index (χ3v) is 3.62. The van der Waals surface area contributed by atoms with E-state index in [0.29, 0.717) is 0 Å². The molecule has 0 heterocycles. The summed E-state index contributed by atoms with van der Waals surface area (Å²) in [6, 6.07) is 0. The lowest BCUT2D eigenvalue weighted by atomic mass is 10.3. The largest absolute Gasteiger partial charge is 0.371 e. The second-order valence-electron chi connectivity index (χ2n) is 2.71. The molecule has 1 atom stereocenters. The van der Waals surface area contributed by atoms with Crippen molar-refractivity contribution in [1.82, 2.24) is 0 Å². The van der Waals surface area contributed by atoms with Gasteiger partial charge in [0.1, 0.15) is 0 Å². The molecule has 0 aromatic heterocycles. The van der Waals surface area contributed by atoms with E-state index >= 15 is 0 Å². The summed E-state index contributed by atoms with van der Waals surface area (Å²) in [6.07, 6.45) is 0. The Morgan fingerprint density at radius 1 is 0.611 bits per heavy atom. The summed E-state index contributed by atoms with van der Waals surface area (Å²) in [7, 11) is 0. The molecule has 0 spiro atoms. The molecule has 0 fully saturated rings. The standard InChI is InChI=1S/C5Cl6F6O/c6-1(3(9,13)14,4(10,15)16)18-5(11,17)2(7,8)12. The predicted molar refractivity (Wildman–Crippen MR) is 56.5 cm³/mol. The van der Waals surface area contributed by atoms with Gasteiger partial charge in [-0.05, 0) is 34.8 Å². The van der Waals surface area contributed by atoms with Gasteiger partial charge in [0.25, 0.3) is 0 Å². The highest BCUT2D eigenvalue weighted by molar-refractivity contribution is 6.51. The van der Waals surface area contributed by atoms with Crippen LogP contribution in [0.25, 0.3) is 0 Å². The van der Waals surface area contributed by atoms with Crippen LogP contribution in [0.1, 0.15) is 0 Å². The Hall–Kier alpha value is 1.28. The molecule has 0 amide bonds. The molecule has 0 rings (SSSR count). The van der Waals surface area contributed by atoms with E-state index in [9.17, 15) is 26.3 Å². The first-order chi connectivity index (χ1) is 7.46. The molecule has 13 heteroatoms. The second kappa shape index (κ2) is 5.24. The van der Waals surface area contributed by atoms with Crippen molar-refractivity contribution in [2.45, 2.75) is 25.7 Å². The van der Waals surface area contributed by atoms with Crippen LogP contribution in [0, 0.1) is 0 Å². The van der Waals surface area contributed by atoms with Gasteiger partial charge in [0.05, 0.1) is 0 Å². The number of rotatable bonds is 5. The molecule has 0 bridgehead atoms. The number of alkyl halides is 12. The maximum absolute atomic E-state index is 13.2. The van der Waals surface area contributed by atoms with Crippen molar-refractivity contribution in [2.75, 3.05) is 0 Å². The van der Waals surface area contributed by atoms with E-state index in [2.05, 4.69) is 74.3 Å². The monoisotopic (exact) mass is 400 g/mol. The van der Waals surface area contributed by atoms with Crippen LogP contribution in [0.3, 0.4) is 0 Å². The van der Waals surface area contributed by atoms with Gasteiger partial charge in [-0.15, -0.1) is 0 Å². The number of halogens is 12. The highest BCUT2D eigenvalue weighted by Gasteiger charge is 2.73. The lowest BCUT2D eigenvalue weighted by molar-refractivity contribution is -0.265. The van der Waals surface area contributed by atoms with Gasteiger partial charge in [0.2, 0.25) is 0 Å². The predicted octanol–water partition coefficient (Wildman–Crippen LogP) is 5.56.